The maximum absolute atomic E-state index is 13.1. The Balaban J connectivity index is 5.24. The van der Waals surface area contributed by atoms with Crippen LogP contribution in [-0.4, -0.2) is 96.7 Å². The molecule has 0 bridgehead atoms. The Morgan fingerprint density at radius 1 is 0.262 bits per heavy atom. The number of hydrogen-bond donors (Lipinski definition) is 3. The van der Waals surface area contributed by atoms with Crippen LogP contribution in [-0.2, 0) is 65.4 Å². The molecule has 3 N–H and O–H groups in total. The Morgan fingerprint density at radius 3 is 0.660 bits per heavy atom. The fraction of sp³-hybridized carbons (Fsp3) is 0.952. The van der Waals surface area contributed by atoms with Crippen molar-refractivity contribution in [3.8, 4) is 0 Å². The summed E-state index contributed by atoms with van der Waals surface area (Å²) in [6, 6.07) is 0. The monoisotopic (exact) mass is 1510 g/mol. The van der Waals surface area contributed by atoms with Crippen molar-refractivity contribution < 1.29 is 80.2 Å². The zero-order valence-electron chi connectivity index (χ0n) is 67.6. The highest BCUT2D eigenvalue weighted by Crippen LogP contribution is 2.45. The Labute approximate surface area is 632 Å². The number of phosphoric acid groups is 2. The molecule has 19 heteroatoms. The number of phosphoric ester groups is 2. The summed E-state index contributed by atoms with van der Waals surface area (Å²) < 4.78 is 68.8. The van der Waals surface area contributed by atoms with Gasteiger partial charge in [-0.1, -0.05) is 395 Å². The number of aliphatic hydroxyl groups is 1. The molecule has 0 aromatic rings. The summed E-state index contributed by atoms with van der Waals surface area (Å²) >= 11 is 0. The molecular weight excluding hydrogens is 1340 g/mol. The molecule has 0 aliphatic rings. The molecule has 0 rings (SSSR count). The Bertz CT molecular complexity index is 1980. The van der Waals surface area contributed by atoms with E-state index in [-0.39, 0.29) is 25.7 Å². The van der Waals surface area contributed by atoms with Crippen LogP contribution in [0.4, 0.5) is 0 Å². The van der Waals surface area contributed by atoms with Crippen LogP contribution in [0.15, 0.2) is 0 Å². The van der Waals surface area contributed by atoms with Gasteiger partial charge >= 0.3 is 39.5 Å². The molecule has 0 amide bonds. The van der Waals surface area contributed by atoms with Crippen molar-refractivity contribution in [2.45, 2.75) is 464 Å². The number of rotatable bonds is 83. The molecular formula is C84H164O17P2. The summed E-state index contributed by atoms with van der Waals surface area (Å²) in [6.45, 7) is 9.62. The molecule has 0 fully saturated rings. The van der Waals surface area contributed by atoms with Gasteiger partial charge in [0, 0.05) is 25.7 Å². The van der Waals surface area contributed by atoms with Crippen molar-refractivity contribution in [1.29, 1.82) is 0 Å². The van der Waals surface area contributed by atoms with Gasteiger partial charge < -0.3 is 33.8 Å². The molecule has 612 valence electrons. The first-order valence-electron chi connectivity index (χ1n) is 43.5. The summed E-state index contributed by atoms with van der Waals surface area (Å²) in [5.74, 6) is -0.614. The first kappa shape index (κ1) is 101. The van der Waals surface area contributed by atoms with Crippen molar-refractivity contribution in [3.63, 3.8) is 0 Å². The average molecular weight is 1510 g/mol. The maximum Gasteiger partial charge on any atom is 0.472 e. The number of carbonyl (C=O) groups is 4. The molecule has 0 aliphatic carbocycles. The van der Waals surface area contributed by atoms with E-state index in [9.17, 15) is 43.2 Å². The van der Waals surface area contributed by atoms with Crippen LogP contribution < -0.4 is 0 Å². The van der Waals surface area contributed by atoms with E-state index in [2.05, 4.69) is 41.5 Å². The van der Waals surface area contributed by atoms with E-state index in [4.69, 9.17) is 37.0 Å². The van der Waals surface area contributed by atoms with E-state index < -0.39 is 97.5 Å². The van der Waals surface area contributed by atoms with Crippen LogP contribution in [0.5, 0.6) is 0 Å². The summed E-state index contributed by atoms with van der Waals surface area (Å²) in [5.41, 5.74) is 0. The Morgan fingerprint density at radius 2 is 0.447 bits per heavy atom. The highest BCUT2D eigenvalue weighted by atomic mass is 31.2. The molecule has 0 heterocycles. The van der Waals surface area contributed by atoms with Crippen LogP contribution in [0.1, 0.15) is 446 Å². The predicted molar refractivity (Wildman–Crippen MR) is 423 cm³/mol. The van der Waals surface area contributed by atoms with Gasteiger partial charge in [0.25, 0.3) is 0 Å². The van der Waals surface area contributed by atoms with Gasteiger partial charge in [-0.3, -0.25) is 37.3 Å². The summed E-state index contributed by atoms with van der Waals surface area (Å²) in [4.78, 5) is 73.1. The van der Waals surface area contributed by atoms with Crippen LogP contribution in [0, 0.1) is 11.8 Å². The third kappa shape index (κ3) is 78.0. The van der Waals surface area contributed by atoms with E-state index in [1.165, 1.54) is 263 Å². The van der Waals surface area contributed by atoms with Gasteiger partial charge in [-0.05, 0) is 37.5 Å². The topological polar surface area (TPSA) is 237 Å². The third-order valence-corrected chi connectivity index (χ3v) is 21.6. The second kappa shape index (κ2) is 75.5. The first-order valence-corrected chi connectivity index (χ1v) is 46.5. The van der Waals surface area contributed by atoms with Crippen molar-refractivity contribution in [2.24, 2.45) is 11.8 Å². The van der Waals surface area contributed by atoms with Crippen molar-refractivity contribution in [3.05, 3.63) is 0 Å². The van der Waals surface area contributed by atoms with Crippen LogP contribution in [0.2, 0.25) is 0 Å². The van der Waals surface area contributed by atoms with Gasteiger partial charge in [0.2, 0.25) is 0 Å². The quantitative estimate of drug-likeness (QED) is 0.0222. The summed E-state index contributed by atoms with van der Waals surface area (Å²) in [6.07, 6.45) is 66.7. The molecule has 0 spiro atoms. The second-order valence-electron chi connectivity index (χ2n) is 31.2. The molecule has 0 radical (unpaired) electrons. The Hall–Kier alpha value is -1.94. The zero-order chi connectivity index (χ0) is 75.6. The third-order valence-electron chi connectivity index (χ3n) is 19.7. The van der Waals surface area contributed by atoms with Gasteiger partial charge in [0.1, 0.15) is 19.3 Å². The number of ether oxygens (including phenoxy) is 4. The molecule has 0 aromatic carbocycles. The standard InChI is InChI=1S/C84H164O17P2/c1-7-9-11-13-15-17-19-21-23-25-27-29-31-33-37-41-48-54-60-66-81(86)94-72-79(100-83(88)68-62-56-50-42-38-34-32-30-28-26-24-22-20-18-16-14-12-10-8-2)74-98-102(90,91)96-70-78(85)71-97-103(92,93)99-75-80(73-95-82(87)67-61-55-49-45-44-47-53-59-65-77(5)6)101-84(89)69-63-57-51-43-39-35-36-40-46-52-58-64-76(3)4/h76-80,85H,7-75H2,1-6H3,(H,90,91)(H,92,93)/t78-,79-,80-/m1/s1. The van der Waals surface area contributed by atoms with E-state index in [1.54, 1.807) is 0 Å². The number of carbonyl (C=O) groups excluding carboxylic acids is 4. The van der Waals surface area contributed by atoms with Crippen LogP contribution >= 0.6 is 15.6 Å². The lowest BCUT2D eigenvalue weighted by Gasteiger charge is -2.21. The summed E-state index contributed by atoms with van der Waals surface area (Å²) in [5, 5.41) is 10.7. The van der Waals surface area contributed by atoms with Crippen molar-refractivity contribution >= 4 is 39.5 Å². The maximum atomic E-state index is 13.1. The van der Waals surface area contributed by atoms with E-state index in [0.717, 1.165) is 102 Å². The van der Waals surface area contributed by atoms with Crippen molar-refractivity contribution in [2.75, 3.05) is 39.6 Å². The molecule has 0 saturated heterocycles. The molecule has 103 heavy (non-hydrogen) atoms. The van der Waals surface area contributed by atoms with Gasteiger partial charge in [-0.2, -0.15) is 0 Å². The van der Waals surface area contributed by atoms with E-state index >= 15 is 0 Å². The second-order valence-corrected chi connectivity index (χ2v) is 34.1. The molecule has 0 saturated carbocycles. The van der Waals surface area contributed by atoms with Gasteiger partial charge in [0.15, 0.2) is 12.2 Å². The van der Waals surface area contributed by atoms with Crippen molar-refractivity contribution in [1.82, 2.24) is 0 Å². The highest BCUT2D eigenvalue weighted by Gasteiger charge is 2.30. The van der Waals surface area contributed by atoms with Gasteiger partial charge in [0.05, 0.1) is 26.4 Å². The lowest BCUT2D eigenvalue weighted by Crippen LogP contribution is -2.30. The highest BCUT2D eigenvalue weighted by molar-refractivity contribution is 7.47. The minimum atomic E-state index is -4.96. The van der Waals surface area contributed by atoms with Crippen LogP contribution in [0.3, 0.4) is 0 Å². The molecule has 17 nitrogen and oxygen atoms in total. The lowest BCUT2D eigenvalue weighted by atomic mass is 10.0. The minimum Gasteiger partial charge on any atom is -0.462 e. The fourth-order valence-corrected chi connectivity index (χ4v) is 14.6. The fourth-order valence-electron chi connectivity index (χ4n) is 13.1. The number of aliphatic hydroxyl groups excluding tert-OH is 1. The minimum absolute atomic E-state index is 0.106. The molecule has 2 unspecified atom stereocenters. The number of hydrogen-bond acceptors (Lipinski definition) is 15. The van der Waals surface area contributed by atoms with Gasteiger partial charge in [-0.25, -0.2) is 9.13 Å². The number of unbranched alkanes of at least 4 members (excludes halogenated alkanes) is 53. The number of esters is 4. The summed E-state index contributed by atoms with van der Waals surface area (Å²) in [7, 11) is -9.92. The van der Waals surface area contributed by atoms with Gasteiger partial charge in [-0.15, -0.1) is 0 Å². The van der Waals surface area contributed by atoms with E-state index in [1.807, 2.05) is 0 Å². The largest absolute Gasteiger partial charge is 0.472 e. The smallest absolute Gasteiger partial charge is 0.462 e. The van der Waals surface area contributed by atoms with E-state index in [0.29, 0.717) is 25.7 Å². The molecule has 0 aromatic heterocycles. The lowest BCUT2D eigenvalue weighted by molar-refractivity contribution is -0.161. The molecule has 0 aliphatic heterocycles. The first-order chi connectivity index (χ1) is 49.9. The predicted octanol–water partition coefficient (Wildman–Crippen LogP) is 25.5. The normalized spacial score (nSPS) is 13.9. The average Bonchev–Trinajstić information content (AvgIpc) is 0.932. The molecule has 5 atom stereocenters. The Kier molecular flexibility index (Phi) is 74.1. The SMILES string of the molecule is CCCCCCCCCCCCCCCCCCCCCC(=O)OC[C@H](COP(=O)(O)OC[C@@H](O)COP(=O)(O)OC[C@@H](COC(=O)CCCCCCCCCCC(C)C)OC(=O)CCCCCCCCCCCCCC(C)C)OC(=O)CCCCCCCCCCCCCCCCCCCCC. The van der Waals surface area contributed by atoms with Crippen LogP contribution in [0.25, 0.3) is 0 Å². The zero-order valence-corrected chi connectivity index (χ0v) is 69.4.